The smallest absolute Gasteiger partial charge is 0.192 e. The van der Waals surface area contributed by atoms with E-state index in [0.717, 1.165) is 22.3 Å². The molecule has 9 aromatic rings. The Labute approximate surface area is 348 Å². The van der Waals surface area contributed by atoms with E-state index in [4.69, 9.17) is 0 Å². The molecular formula is C54H36BNS2. The second kappa shape index (κ2) is 13.7. The van der Waals surface area contributed by atoms with Crippen molar-refractivity contribution in [3.05, 3.63) is 199 Å². The molecule has 2 aliphatic rings. The molecule has 0 saturated heterocycles. The van der Waals surface area contributed by atoms with E-state index in [1.54, 1.807) is 0 Å². The molecule has 11 rings (SSSR count). The van der Waals surface area contributed by atoms with E-state index in [1.165, 1.54) is 79.8 Å². The van der Waals surface area contributed by atoms with Crippen molar-refractivity contribution in [2.45, 2.75) is 38.8 Å². The molecule has 4 heteroatoms. The minimum Gasteiger partial charge on any atom is -0.192 e. The molecule has 0 aromatic heterocycles. The summed E-state index contributed by atoms with van der Waals surface area (Å²) >= 11 is 3.76. The van der Waals surface area contributed by atoms with Crippen LogP contribution < -0.4 is 16.4 Å². The van der Waals surface area contributed by atoms with Gasteiger partial charge in [-0.25, -0.2) is 0 Å². The van der Waals surface area contributed by atoms with Crippen LogP contribution in [0, 0.1) is 11.3 Å². The Morgan fingerprint density at radius 1 is 0.431 bits per heavy atom. The van der Waals surface area contributed by atoms with E-state index < -0.39 is 0 Å². The van der Waals surface area contributed by atoms with Crippen LogP contribution in [-0.4, -0.2) is 6.71 Å². The first-order valence-electron chi connectivity index (χ1n) is 19.8. The lowest BCUT2D eigenvalue weighted by Crippen LogP contribution is -2.58. The summed E-state index contributed by atoms with van der Waals surface area (Å²) in [5.41, 5.74) is 14.1. The number of fused-ring (bicyclic) bond motifs is 6. The van der Waals surface area contributed by atoms with Gasteiger partial charge in [-0.15, -0.1) is 0 Å². The first-order chi connectivity index (χ1) is 28.5. The number of hydrogen-bond donors (Lipinski definition) is 0. The van der Waals surface area contributed by atoms with Crippen molar-refractivity contribution in [3.8, 4) is 39.4 Å². The molecule has 0 bridgehead atoms. The lowest BCUT2D eigenvalue weighted by Gasteiger charge is -2.35. The predicted octanol–water partition coefficient (Wildman–Crippen LogP) is 12.6. The highest BCUT2D eigenvalue weighted by Crippen LogP contribution is 2.46. The predicted molar refractivity (Wildman–Crippen MR) is 247 cm³/mol. The average Bonchev–Trinajstić information content (AvgIpc) is 3.28. The van der Waals surface area contributed by atoms with Crippen LogP contribution in [0.1, 0.15) is 30.5 Å². The molecule has 1 nitrogen and oxygen atoms in total. The van der Waals surface area contributed by atoms with Crippen molar-refractivity contribution in [2.75, 3.05) is 0 Å². The second-order valence-electron chi connectivity index (χ2n) is 15.9. The quantitative estimate of drug-likeness (QED) is 0.129. The van der Waals surface area contributed by atoms with Crippen molar-refractivity contribution in [1.82, 2.24) is 0 Å². The first-order valence-corrected chi connectivity index (χ1v) is 21.5. The second-order valence-corrected chi connectivity index (χ2v) is 18.1. The first kappa shape index (κ1) is 35.0. The number of nitriles is 1. The molecule has 0 aliphatic carbocycles. The van der Waals surface area contributed by atoms with Crippen LogP contribution in [0.15, 0.2) is 202 Å². The largest absolute Gasteiger partial charge is 0.247 e. The maximum atomic E-state index is 10.5. The SMILES string of the molecule is CC(C)(c1ccccc1)c1ccc2c(c1)B1c3ccccc3Sc3cc(-c4cc(C#N)cc(-c5c6ccccc6c(-c6ccccc6)c6ccccc56)c4)cc(c31)S2. The van der Waals surface area contributed by atoms with Crippen molar-refractivity contribution in [3.63, 3.8) is 0 Å². The van der Waals surface area contributed by atoms with Gasteiger partial charge in [-0.2, -0.15) is 5.26 Å². The molecule has 2 aliphatic heterocycles. The van der Waals surface area contributed by atoms with Gasteiger partial charge in [-0.1, -0.05) is 188 Å². The van der Waals surface area contributed by atoms with Gasteiger partial charge in [0.2, 0.25) is 6.71 Å². The molecule has 0 amide bonds. The summed E-state index contributed by atoms with van der Waals surface area (Å²) in [4.78, 5) is 5.18. The summed E-state index contributed by atoms with van der Waals surface area (Å²) < 4.78 is 0. The van der Waals surface area contributed by atoms with Gasteiger partial charge in [0.15, 0.2) is 0 Å². The normalized spacial score (nSPS) is 12.8. The molecule has 272 valence electrons. The molecule has 0 radical (unpaired) electrons. The van der Waals surface area contributed by atoms with Gasteiger partial charge in [0.25, 0.3) is 0 Å². The van der Waals surface area contributed by atoms with Crippen molar-refractivity contribution < 1.29 is 0 Å². The van der Waals surface area contributed by atoms with Crippen LogP contribution in [0.5, 0.6) is 0 Å². The summed E-state index contributed by atoms with van der Waals surface area (Å²) in [7, 11) is 0. The third kappa shape index (κ3) is 5.57. The Morgan fingerprint density at radius 3 is 1.59 bits per heavy atom. The summed E-state index contributed by atoms with van der Waals surface area (Å²) in [5, 5.41) is 15.3. The minimum absolute atomic E-state index is 0.140. The van der Waals surface area contributed by atoms with E-state index in [1.807, 2.05) is 23.5 Å². The van der Waals surface area contributed by atoms with Crippen molar-refractivity contribution in [2.24, 2.45) is 0 Å². The molecule has 0 saturated carbocycles. The minimum atomic E-state index is -0.140. The zero-order valence-electron chi connectivity index (χ0n) is 32.2. The van der Waals surface area contributed by atoms with Crippen LogP contribution in [0.2, 0.25) is 0 Å². The van der Waals surface area contributed by atoms with Gasteiger partial charge < -0.3 is 0 Å². The third-order valence-corrected chi connectivity index (χ3v) is 14.6. The van der Waals surface area contributed by atoms with Gasteiger partial charge in [0.05, 0.1) is 11.6 Å². The number of rotatable bonds is 5. The molecule has 0 N–H and O–H groups in total. The molecule has 0 spiro atoms. The zero-order chi connectivity index (χ0) is 39.0. The Morgan fingerprint density at radius 2 is 0.948 bits per heavy atom. The summed E-state index contributed by atoms with van der Waals surface area (Å²) in [6.07, 6.45) is 0. The topological polar surface area (TPSA) is 23.8 Å². The highest BCUT2D eigenvalue weighted by atomic mass is 32.2. The molecule has 9 aromatic carbocycles. The van der Waals surface area contributed by atoms with Crippen LogP contribution in [0.3, 0.4) is 0 Å². The maximum Gasteiger partial charge on any atom is 0.247 e. The Balaban J connectivity index is 1.09. The van der Waals surface area contributed by atoms with E-state index in [0.29, 0.717) is 5.56 Å². The van der Waals surface area contributed by atoms with Crippen LogP contribution in [0.25, 0.3) is 54.9 Å². The fraction of sp³-hybridized carbons (Fsp3) is 0.0556. The molecular weight excluding hydrogens is 738 g/mol. The monoisotopic (exact) mass is 773 g/mol. The van der Waals surface area contributed by atoms with Crippen LogP contribution >= 0.6 is 23.5 Å². The molecule has 0 atom stereocenters. The Hall–Kier alpha value is -6.25. The number of nitrogens with zero attached hydrogens (tertiary/aromatic N) is 1. The van der Waals surface area contributed by atoms with Crippen molar-refractivity contribution in [1.29, 1.82) is 5.26 Å². The Kier molecular flexibility index (Phi) is 8.26. The van der Waals surface area contributed by atoms with Gasteiger partial charge >= 0.3 is 0 Å². The third-order valence-electron chi connectivity index (χ3n) is 12.3. The summed E-state index contributed by atoms with van der Waals surface area (Å²) in [5.74, 6) is 0. The van der Waals surface area contributed by atoms with E-state index >= 15 is 0 Å². The lowest BCUT2D eigenvalue weighted by atomic mass is 9.36. The highest BCUT2D eigenvalue weighted by Gasteiger charge is 2.39. The summed E-state index contributed by atoms with van der Waals surface area (Å²) in [6, 6.07) is 68.9. The number of benzene rings is 9. The molecule has 58 heavy (non-hydrogen) atoms. The highest BCUT2D eigenvalue weighted by molar-refractivity contribution is 8.01. The molecule has 0 unspecified atom stereocenters. The number of hydrogen-bond acceptors (Lipinski definition) is 3. The van der Waals surface area contributed by atoms with Gasteiger partial charge in [0.1, 0.15) is 0 Å². The van der Waals surface area contributed by atoms with E-state index in [2.05, 4.69) is 202 Å². The molecule has 0 fully saturated rings. The lowest BCUT2D eigenvalue weighted by molar-refractivity contribution is 0.641. The van der Waals surface area contributed by atoms with Crippen LogP contribution in [-0.2, 0) is 5.41 Å². The Bertz CT molecular complexity index is 3090. The summed E-state index contributed by atoms with van der Waals surface area (Å²) in [6.45, 7) is 4.81. The standard InChI is InChI=1S/C54H36BNS2/c1-54(2,39-17-7-4-8-18-39)40-25-26-48-46(32-40)55-45-23-13-14-24-47(45)57-49-30-37(31-50(58-48)53(49)55)36-27-34(33-56)28-38(29-36)52-43-21-11-9-19-41(43)51(35-15-5-3-6-16-35)42-20-10-12-22-44(42)52/h3-32H,1-2H3. The van der Waals surface area contributed by atoms with E-state index in [-0.39, 0.29) is 12.1 Å². The van der Waals surface area contributed by atoms with Gasteiger partial charge in [-0.3, -0.25) is 0 Å². The average molecular weight is 774 g/mol. The zero-order valence-corrected chi connectivity index (χ0v) is 33.8. The fourth-order valence-electron chi connectivity index (χ4n) is 9.38. The van der Waals surface area contributed by atoms with Gasteiger partial charge in [0, 0.05) is 25.0 Å². The van der Waals surface area contributed by atoms with Crippen LogP contribution in [0.4, 0.5) is 0 Å². The molecule has 2 heterocycles. The maximum absolute atomic E-state index is 10.5. The van der Waals surface area contributed by atoms with E-state index in [9.17, 15) is 5.26 Å². The van der Waals surface area contributed by atoms with Crippen molar-refractivity contribution >= 4 is 68.2 Å². The van der Waals surface area contributed by atoms with Gasteiger partial charge in [-0.05, 0) is 114 Å². The fourth-order valence-corrected chi connectivity index (χ4v) is 11.9.